The number of hydrogen-bond acceptors (Lipinski definition) is 1. The highest BCUT2D eigenvalue weighted by Gasteiger charge is 2.22. The van der Waals surface area contributed by atoms with Crippen molar-refractivity contribution < 1.29 is 0 Å². The Morgan fingerprint density at radius 3 is 2.37 bits per heavy atom. The van der Waals surface area contributed by atoms with Crippen molar-refractivity contribution in [2.24, 2.45) is 5.92 Å². The van der Waals surface area contributed by atoms with E-state index in [4.69, 9.17) is 0 Å². The highest BCUT2D eigenvalue weighted by Crippen LogP contribution is 2.26. The summed E-state index contributed by atoms with van der Waals surface area (Å²) < 4.78 is 1.17. The summed E-state index contributed by atoms with van der Waals surface area (Å²) in [7, 11) is 0. The zero-order valence-corrected chi connectivity index (χ0v) is 13.8. The fraction of sp³-hybridized carbons (Fsp3) is 0.647. The van der Waals surface area contributed by atoms with Crippen LogP contribution in [0, 0.1) is 5.92 Å². The van der Waals surface area contributed by atoms with Crippen LogP contribution in [-0.4, -0.2) is 17.5 Å². The minimum Gasteiger partial charge on any atom is -0.296 e. The van der Waals surface area contributed by atoms with E-state index in [1.54, 1.807) is 0 Å². The van der Waals surface area contributed by atoms with Gasteiger partial charge >= 0.3 is 0 Å². The minimum atomic E-state index is 0.800. The van der Waals surface area contributed by atoms with Crippen LogP contribution in [0.3, 0.4) is 0 Å². The number of rotatable bonds is 6. The molecule has 0 atom stereocenters. The van der Waals surface area contributed by atoms with E-state index in [-0.39, 0.29) is 0 Å². The van der Waals surface area contributed by atoms with Gasteiger partial charge < -0.3 is 0 Å². The van der Waals surface area contributed by atoms with Gasteiger partial charge in [-0.05, 0) is 49.4 Å². The first kappa shape index (κ1) is 15.1. The van der Waals surface area contributed by atoms with Crippen molar-refractivity contribution >= 4 is 15.9 Å². The quantitative estimate of drug-likeness (QED) is 0.692. The summed E-state index contributed by atoms with van der Waals surface area (Å²) in [5, 5.41) is 0. The Balaban J connectivity index is 1.97. The molecule has 1 aromatic carbocycles. The Morgan fingerprint density at radius 1 is 1.16 bits per heavy atom. The Kier molecular flexibility index (Phi) is 5.90. The number of halogens is 1. The summed E-state index contributed by atoms with van der Waals surface area (Å²) in [4.78, 5) is 2.72. The average molecular weight is 324 g/mol. The topological polar surface area (TPSA) is 3.24 Å². The zero-order valence-electron chi connectivity index (χ0n) is 12.2. The van der Waals surface area contributed by atoms with Gasteiger partial charge in [-0.15, -0.1) is 0 Å². The van der Waals surface area contributed by atoms with Gasteiger partial charge in [-0.2, -0.15) is 0 Å². The fourth-order valence-electron chi connectivity index (χ4n) is 2.91. The van der Waals surface area contributed by atoms with E-state index >= 15 is 0 Å². The minimum absolute atomic E-state index is 0.800. The molecule has 0 unspecified atom stereocenters. The summed E-state index contributed by atoms with van der Waals surface area (Å²) in [6.45, 7) is 7.02. The van der Waals surface area contributed by atoms with Crippen LogP contribution in [-0.2, 0) is 6.54 Å². The van der Waals surface area contributed by atoms with Crippen molar-refractivity contribution in [3.63, 3.8) is 0 Å². The maximum Gasteiger partial charge on any atom is 0.0236 e. The van der Waals surface area contributed by atoms with Gasteiger partial charge in [0.1, 0.15) is 0 Å². The lowest BCUT2D eigenvalue weighted by Crippen LogP contribution is -2.34. The van der Waals surface area contributed by atoms with Crippen molar-refractivity contribution in [1.82, 2.24) is 4.90 Å². The van der Waals surface area contributed by atoms with E-state index in [1.165, 1.54) is 48.7 Å². The number of hydrogen-bond donors (Lipinski definition) is 0. The van der Waals surface area contributed by atoms with E-state index in [2.05, 4.69) is 58.9 Å². The molecule has 2 heteroatoms. The van der Waals surface area contributed by atoms with Crippen LogP contribution in [0.4, 0.5) is 0 Å². The van der Waals surface area contributed by atoms with E-state index < -0.39 is 0 Å². The molecule has 0 spiro atoms. The molecular formula is C17H26BrN. The Hall–Kier alpha value is -0.340. The Bertz CT molecular complexity index is 365. The normalized spacial score (nSPS) is 16.7. The van der Waals surface area contributed by atoms with Crippen LogP contribution in [0.5, 0.6) is 0 Å². The first-order valence-electron chi connectivity index (χ1n) is 7.63. The van der Waals surface area contributed by atoms with Crippen LogP contribution < -0.4 is 0 Å². The molecule has 106 valence electrons. The van der Waals surface area contributed by atoms with Crippen molar-refractivity contribution in [2.75, 3.05) is 6.54 Å². The largest absolute Gasteiger partial charge is 0.296 e. The van der Waals surface area contributed by atoms with Gasteiger partial charge in [0.05, 0.1) is 0 Å². The summed E-state index contributed by atoms with van der Waals surface area (Å²) in [6, 6.07) is 9.64. The molecular weight excluding hydrogens is 298 g/mol. The third-order valence-electron chi connectivity index (χ3n) is 4.13. The van der Waals surface area contributed by atoms with Gasteiger partial charge in [0.15, 0.2) is 0 Å². The number of benzene rings is 1. The summed E-state index contributed by atoms with van der Waals surface area (Å²) in [5.74, 6) is 0.800. The van der Waals surface area contributed by atoms with Gasteiger partial charge in [-0.3, -0.25) is 4.90 Å². The first-order chi connectivity index (χ1) is 9.15. The van der Waals surface area contributed by atoms with Crippen LogP contribution >= 0.6 is 15.9 Å². The third-order valence-corrected chi connectivity index (χ3v) is 4.66. The molecule has 0 heterocycles. The third kappa shape index (κ3) is 4.92. The van der Waals surface area contributed by atoms with Gasteiger partial charge in [-0.1, -0.05) is 54.8 Å². The predicted molar refractivity (Wildman–Crippen MR) is 86.3 cm³/mol. The molecule has 0 saturated heterocycles. The molecule has 0 N–H and O–H groups in total. The Labute approximate surface area is 126 Å². The van der Waals surface area contributed by atoms with Crippen molar-refractivity contribution in [3.8, 4) is 0 Å². The second kappa shape index (κ2) is 7.44. The molecule has 0 amide bonds. The van der Waals surface area contributed by atoms with Gasteiger partial charge in [0, 0.05) is 17.1 Å². The van der Waals surface area contributed by atoms with E-state index in [0.717, 1.165) is 18.5 Å². The maximum atomic E-state index is 3.51. The van der Waals surface area contributed by atoms with Crippen LogP contribution in [0.25, 0.3) is 0 Å². The SMILES string of the molecule is CC(C)CCN(Cc1ccc(Br)cc1)C1CCCC1. The van der Waals surface area contributed by atoms with Gasteiger partial charge in [0.25, 0.3) is 0 Å². The molecule has 1 saturated carbocycles. The molecule has 1 aliphatic carbocycles. The predicted octanol–water partition coefficient (Wildman–Crippen LogP) is 5.24. The monoisotopic (exact) mass is 323 g/mol. The second-order valence-corrected chi connectivity index (χ2v) is 7.13. The molecule has 1 nitrogen and oxygen atoms in total. The molecule has 1 aliphatic rings. The fourth-order valence-corrected chi connectivity index (χ4v) is 3.17. The van der Waals surface area contributed by atoms with Crippen LogP contribution in [0.15, 0.2) is 28.7 Å². The lowest BCUT2D eigenvalue weighted by atomic mass is 10.1. The van der Waals surface area contributed by atoms with Crippen molar-refractivity contribution in [3.05, 3.63) is 34.3 Å². The lowest BCUT2D eigenvalue weighted by Gasteiger charge is -2.29. The molecule has 1 aromatic rings. The molecule has 1 fully saturated rings. The van der Waals surface area contributed by atoms with Crippen molar-refractivity contribution in [2.45, 2.75) is 58.5 Å². The smallest absolute Gasteiger partial charge is 0.0236 e. The number of nitrogens with zero attached hydrogens (tertiary/aromatic N) is 1. The molecule has 0 bridgehead atoms. The lowest BCUT2D eigenvalue weighted by molar-refractivity contribution is 0.179. The molecule has 19 heavy (non-hydrogen) atoms. The molecule has 2 rings (SSSR count). The molecule has 0 aliphatic heterocycles. The van der Waals surface area contributed by atoms with E-state index in [0.29, 0.717) is 0 Å². The van der Waals surface area contributed by atoms with E-state index in [1.807, 2.05) is 0 Å². The highest BCUT2D eigenvalue weighted by molar-refractivity contribution is 9.10. The van der Waals surface area contributed by atoms with Crippen LogP contribution in [0.1, 0.15) is 51.5 Å². The summed E-state index contributed by atoms with van der Waals surface area (Å²) in [5.41, 5.74) is 1.44. The summed E-state index contributed by atoms with van der Waals surface area (Å²) in [6.07, 6.45) is 6.95. The Morgan fingerprint density at radius 2 is 1.79 bits per heavy atom. The maximum absolute atomic E-state index is 3.51. The standard InChI is InChI=1S/C17H26BrN/c1-14(2)11-12-19(17-5-3-4-6-17)13-15-7-9-16(18)10-8-15/h7-10,14,17H,3-6,11-13H2,1-2H3. The zero-order chi connectivity index (χ0) is 13.7. The van der Waals surface area contributed by atoms with Gasteiger partial charge in [-0.25, -0.2) is 0 Å². The summed E-state index contributed by atoms with van der Waals surface area (Å²) >= 11 is 3.51. The van der Waals surface area contributed by atoms with Crippen molar-refractivity contribution in [1.29, 1.82) is 0 Å². The van der Waals surface area contributed by atoms with Crippen LogP contribution in [0.2, 0.25) is 0 Å². The van der Waals surface area contributed by atoms with E-state index in [9.17, 15) is 0 Å². The molecule has 0 radical (unpaired) electrons. The molecule has 0 aromatic heterocycles. The first-order valence-corrected chi connectivity index (χ1v) is 8.43. The van der Waals surface area contributed by atoms with Gasteiger partial charge in [0.2, 0.25) is 0 Å². The highest BCUT2D eigenvalue weighted by atomic mass is 79.9. The second-order valence-electron chi connectivity index (χ2n) is 6.22. The average Bonchev–Trinajstić information content (AvgIpc) is 2.90.